The minimum atomic E-state index is -3.86. The molecule has 3 heterocycles. The summed E-state index contributed by atoms with van der Waals surface area (Å²) in [5, 5.41) is 7.76. The normalized spacial score (nSPS) is 12.2. The van der Waals surface area contributed by atoms with Gasteiger partial charge in [-0.25, -0.2) is 23.4 Å². The molecule has 1 unspecified atom stereocenters. The molecule has 0 bridgehead atoms. The second-order valence-corrected chi connectivity index (χ2v) is 10.5. The van der Waals surface area contributed by atoms with Crippen LogP contribution in [0, 0.1) is 6.92 Å². The van der Waals surface area contributed by atoms with E-state index in [1.54, 1.807) is 67.2 Å². The third-order valence-corrected chi connectivity index (χ3v) is 7.36. The standard InChI is InChI=1S/C25H29N7O6S/c1-16(12-18-13-26-17(2)27-14-18)39(33,34)31-38-15-22-29-30-25(19-8-6-11-23(28-19)37-5)32(22)24-20(35-3)9-7-10-21(24)36-4/h6-11,13-14,16,31H,12,15H2,1-5H3. The van der Waals surface area contributed by atoms with Crippen LogP contribution in [0.3, 0.4) is 0 Å². The van der Waals surface area contributed by atoms with Gasteiger partial charge >= 0.3 is 0 Å². The molecule has 39 heavy (non-hydrogen) atoms. The van der Waals surface area contributed by atoms with Crippen LogP contribution in [0.25, 0.3) is 17.2 Å². The van der Waals surface area contributed by atoms with Crippen molar-refractivity contribution in [2.24, 2.45) is 0 Å². The third kappa shape index (κ3) is 6.30. The molecule has 0 aliphatic rings. The maximum Gasteiger partial charge on any atom is 0.236 e. The van der Waals surface area contributed by atoms with Crippen LogP contribution in [0.5, 0.6) is 17.4 Å². The Balaban J connectivity index is 1.64. The molecule has 14 heteroatoms. The summed E-state index contributed by atoms with van der Waals surface area (Å²) in [4.78, 5) is 20.3. The van der Waals surface area contributed by atoms with Crippen molar-refractivity contribution in [2.75, 3.05) is 21.3 Å². The second-order valence-electron chi connectivity index (χ2n) is 8.42. The Hall–Kier alpha value is -4.14. The molecular formula is C25H29N7O6S. The maximum absolute atomic E-state index is 12.9. The van der Waals surface area contributed by atoms with E-state index >= 15 is 0 Å². The SMILES string of the molecule is COc1cccc(-c2nnc(CONS(=O)(=O)C(C)Cc3cnc(C)nc3)n2-c2c(OC)cccc2OC)n1. The van der Waals surface area contributed by atoms with E-state index in [9.17, 15) is 8.42 Å². The Morgan fingerprint density at radius 2 is 1.62 bits per heavy atom. The van der Waals surface area contributed by atoms with Gasteiger partial charge in [0.15, 0.2) is 11.6 Å². The van der Waals surface area contributed by atoms with Crippen LogP contribution in [-0.4, -0.2) is 64.7 Å². The van der Waals surface area contributed by atoms with E-state index in [0.29, 0.717) is 46.0 Å². The van der Waals surface area contributed by atoms with Crippen LogP contribution < -0.4 is 19.1 Å². The lowest BCUT2D eigenvalue weighted by atomic mass is 10.2. The van der Waals surface area contributed by atoms with E-state index in [0.717, 1.165) is 0 Å². The molecule has 0 saturated heterocycles. The molecular weight excluding hydrogens is 526 g/mol. The van der Waals surface area contributed by atoms with Gasteiger partial charge in [-0.1, -0.05) is 17.0 Å². The van der Waals surface area contributed by atoms with E-state index in [1.807, 2.05) is 0 Å². The Morgan fingerprint density at radius 1 is 0.949 bits per heavy atom. The number of aryl methyl sites for hydroxylation is 1. The van der Waals surface area contributed by atoms with Gasteiger partial charge in [0, 0.05) is 18.5 Å². The fourth-order valence-electron chi connectivity index (χ4n) is 3.74. The zero-order valence-electron chi connectivity index (χ0n) is 22.2. The van der Waals surface area contributed by atoms with Gasteiger partial charge in [-0.2, -0.15) is 0 Å². The first-order chi connectivity index (χ1) is 18.8. The minimum absolute atomic E-state index is 0.208. The van der Waals surface area contributed by atoms with Gasteiger partial charge in [0.05, 0.1) is 26.6 Å². The van der Waals surface area contributed by atoms with Crippen molar-refractivity contribution >= 4 is 10.0 Å². The minimum Gasteiger partial charge on any atom is -0.494 e. The van der Waals surface area contributed by atoms with Crippen molar-refractivity contribution in [3.63, 3.8) is 0 Å². The number of nitrogens with one attached hydrogen (secondary N) is 1. The number of para-hydroxylation sites is 1. The molecule has 0 spiro atoms. The summed E-state index contributed by atoms with van der Waals surface area (Å²) >= 11 is 0. The fourth-order valence-corrected chi connectivity index (χ4v) is 4.54. The number of pyridine rings is 1. The third-order valence-electron chi connectivity index (χ3n) is 5.78. The molecule has 4 rings (SSSR count). The van der Waals surface area contributed by atoms with E-state index in [2.05, 4.69) is 30.0 Å². The number of methoxy groups -OCH3 is 3. The van der Waals surface area contributed by atoms with E-state index in [-0.39, 0.29) is 18.9 Å². The average Bonchev–Trinajstić information content (AvgIpc) is 3.36. The summed E-state index contributed by atoms with van der Waals surface area (Å²) in [6, 6.07) is 10.5. The van der Waals surface area contributed by atoms with Crippen molar-refractivity contribution < 1.29 is 27.5 Å². The van der Waals surface area contributed by atoms with Crippen LogP contribution >= 0.6 is 0 Å². The Bertz CT molecular complexity index is 1500. The predicted molar refractivity (Wildman–Crippen MR) is 141 cm³/mol. The largest absolute Gasteiger partial charge is 0.494 e. The number of ether oxygens (including phenoxy) is 3. The highest BCUT2D eigenvalue weighted by molar-refractivity contribution is 7.89. The molecule has 0 aliphatic carbocycles. The first-order valence-corrected chi connectivity index (χ1v) is 13.4. The lowest BCUT2D eigenvalue weighted by molar-refractivity contribution is 0.0731. The number of hydrogen-bond donors (Lipinski definition) is 1. The van der Waals surface area contributed by atoms with E-state index < -0.39 is 15.3 Å². The van der Waals surface area contributed by atoms with Gasteiger partial charge in [0.25, 0.3) is 0 Å². The number of hydrogen-bond acceptors (Lipinski definition) is 11. The molecule has 1 aromatic carbocycles. The van der Waals surface area contributed by atoms with Crippen LogP contribution in [0.1, 0.15) is 24.1 Å². The molecule has 1 atom stereocenters. The van der Waals surface area contributed by atoms with Gasteiger partial charge in [0.2, 0.25) is 15.9 Å². The molecule has 0 amide bonds. The van der Waals surface area contributed by atoms with Crippen molar-refractivity contribution in [2.45, 2.75) is 32.1 Å². The van der Waals surface area contributed by atoms with Gasteiger partial charge in [-0.05, 0) is 44.0 Å². The van der Waals surface area contributed by atoms with Crippen LogP contribution in [-0.2, 0) is 27.9 Å². The zero-order chi connectivity index (χ0) is 28.0. The first-order valence-electron chi connectivity index (χ1n) is 11.8. The van der Waals surface area contributed by atoms with Gasteiger partial charge in [-0.3, -0.25) is 9.40 Å². The molecule has 3 aromatic heterocycles. The molecule has 0 saturated carbocycles. The summed E-state index contributed by atoms with van der Waals surface area (Å²) in [6.45, 7) is 3.06. The van der Waals surface area contributed by atoms with E-state index in [1.165, 1.54) is 21.3 Å². The van der Waals surface area contributed by atoms with Gasteiger partial charge in [0.1, 0.15) is 35.3 Å². The fraction of sp³-hybridized carbons (Fsp3) is 0.320. The Kier molecular flexibility index (Phi) is 8.69. The van der Waals surface area contributed by atoms with Gasteiger partial charge < -0.3 is 14.2 Å². The average molecular weight is 556 g/mol. The number of sulfonamides is 1. The highest BCUT2D eigenvalue weighted by Crippen LogP contribution is 2.36. The smallest absolute Gasteiger partial charge is 0.236 e. The second kappa shape index (κ2) is 12.1. The molecule has 4 aromatic rings. The highest BCUT2D eigenvalue weighted by Gasteiger charge is 2.25. The quantitative estimate of drug-likeness (QED) is 0.257. The highest BCUT2D eigenvalue weighted by atomic mass is 32.2. The van der Waals surface area contributed by atoms with Crippen molar-refractivity contribution in [3.05, 3.63) is 66.0 Å². The summed E-state index contributed by atoms with van der Waals surface area (Å²) in [6.07, 6.45) is 3.41. The van der Waals surface area contributed by atoms with Crippen LogP contribution in [0.2, 0.25) is 0 Å². The lowest BCUT2D eigenvalue weighted by Gasteiger charge is -2.18. The number of rotatable bonds is 12. The predicted octanol–water partition coefficient (Wildman–Crippen LogP) is 2.44. The van der Waals surface area contributed by atoms with Gasteiger partial charge in [-0.15, -0.1) is 10.2 Å². The molecule has 0 radical (unpaired) electrons. The van der Waals surface area contributed by atoms with Crippen molar-refractivity contribution in [1.29, 1.82) is 0 Å². The topological polar surface area (TPSA) is 152 Å². The maximum atomic E-state index is 12.9. The number of nitrogens with zero attached hydrogens (tertiary/aromatic N) is 6. The summed E-state index contributed by atoms with van der Waals surface area (Å²) in [5.74, 6) is 2.52. The van der Waals surface area contributed by atoms with Crippen LogP contribution in [0.4, 0.5) is 0 Å². The number of aromatic nitrogens is 6. The molecule has 206 valence electrons. The Labute approximate surface area is 226 Å². The molecule has 13 nitrogen and oxygen atoms in total. The Morgan fingerprint density at radius 3 is 2.26 bits per heavy atom. The monoisotopic (exact) mass is 555 g/mol. The summed E-state index contributed by atoms with van der Waals surface area (Å²) < 4.78 is 43.8. The first kappa shape index (κ1) is 27.9. The summed E-state index contributed by atoms with van der Waals surface area (Å²) in [5.41, 5.74) is 1.63. The molecule has 1 N–H and O–H groups in total. The van der Waals surface area contributed by atoms with Crippen molar-refractivity contribution in [1.82, 2.24) is 34.6 Å². The van der Waals surface area contributed by atoms with Crippen LogP contribution in [0.15, 0.2) is 48.8 Å². The van der Waals surface area contributed by atoms with Crippen molar-refractivity contribution in [3.8, 4) is 34.6 Å². The molecule has 0 fully saturated rings. The molecule has 0 aliphatic heterocycles. The van der Waals surface area contributed by atoms with E-state index in [4.69, 9.17) is 19.0 Å². The number of benzene rings is 1. The summed E-state index contributed by atoms with van der Waals surface area (Å²) in [7, 11) is 0.702. The zero-order valence-corrected chi connectivity index (χ0v) is 23.0. The lowest BCUT2D eigenvalue weighted by Crippen LogP contribution is -2.34.